The summed E-state index contributed by atoms with van der Waals surface area (Å²) in [6.45, 7) is 0. The van der Waals surface area contributed by atoms with Gasteiger partial charge in [-0.15, -0.1) is 10.2 Å². The molecule has 0 saturated heterocycles. The highest BCUT2D eigenvalue weighted by molar-refractivity contribution is 6.31. The fourth-order valence-corrected chi connectivity index (χ4v) is 2.27. The molecule has 2 aromatic heterocycles. The van der Waals surface area contributed by atoms with Gasteiger partial charge in [-0.2, -0.15) is 13.2 Å². The van der Waals surface area contributed by atoms with E-state index in [9.17, 15) is 18.0 Å². The van der Waals surface area contributed by atoms with Gasteiger partial charge in [-0.25, -0.2) is 9.78 Å². The molecule has 0 aliphatic rings. The first kappa shape index (κ1) is 13.4. The molecule has 1 N–H and O–H groups in total. The van der Waals surface area contributed by atoms with Gasteiger partial charge < -0.3 is 4.74 Å². The second-order valence-corrected chi connectivity index (χ2v) is 5.20. The van der Waals surface area contributed by atoms with Gasteiger partial charge >= 0.3 is 6.18 Å². The Hall–Kier alpha value is -2.88. The molecule has 0 radical (unpaired) electrons. The SMILES string of the molecule is [2H]C([2H])([2H])Oc1n[nH]c(=O)cc1-c1cc(Cl)ccc1-n1cc(C(F)(F)F)nn1. The standard InChI is InChI=1S/C14H9ClF3N5O2/c1-25-13-9(5-12(24)20-21-13)8-4-7(15)2-3-10(8)23-6-11(19-22-23)14(16,17)18/h2-6H,1H3,(H,20,24)/i1D3. The van der Waals surface area contributed by atoms with Crippen LogP contribution in [0.15, 0.2) is 35.3 Å². The van der Waals surface area contributed by atoms with Gasteiger partial charge in [0.05, 0.1) is 28.6 Å². The number of hydrogen-bond acceptors (Lipinski definition) is 5. The number of methoxy groups -OCH3 is 1. The molecule has 0 aliphatic carbocycles. The third-order valence-corrected chi connectivity index (χ3v) is 3.38. The lowest BCUT2D eigenvalue weighted by molar-refractivity contribution is -0.141. The summed E-state index contributed by atoms with van der Waals surface area (Å²) in [5.74, 6) is -0.473. The summed E-state index contributed by atoms with van der Waals surface area (Å²) in [6.07, 6.45) is -4.08. The first-order chi connectivity index (χ1) is 12.9. The fraction of sp³-hybridized carbons (Fsp3) is 0.143. The second-order valence-electron chi connectivity index (χ2n) is 4.76. The first-order valence-corrected chi connectivity index (χ1v) is 6.90. The molecule has 0 fully saturated rings. The molecule has 0 unspecified atom stereocenters. The van der Waals surface area contributed by atoms with E-state index in [-0.39, 0.29) is 21.8 Å². The summed E-state index contributed by atoms with van der Waals surface area (Å²) < 4.78 is 65.7. The van der Waals surface area contributed by atoms with E-state index in [1.165, 1.54) is 18.2 Å². The van der Waals surface area contributed by atoms with Gasteiger partial charge in [0.15, 0.2) is 5.69 Å². The van der Waals surface area contributed by atoms with E-state index < -0.39 is 30.3 Å². The zero-order valence-electron chi connectivity index (χ0n) is 15.0. The maximum absolute atomic E-state index is 12.8. The summed E-state index contributed by atoms with van der Waals surface area (Å²) in [4.78, 5) is 11.7. The van der Waals surface area contributed by atoms with Crippen LogP contribution in [0.2, 0.25) is 5.02 Å². The summed E-state index contributed by atoms with van der Waals surface area (Å²) in [6, 6.07) is 4.98. The summed E-state index contributed by atoms with van der Waals surface area (Å²) >= 11 is 5.97. The second kappa shape index (κ2) is 6.20. The fourth-order valence-electron chi connectivity index (χ4n) is 2.10. The molecule has 0 amide bonds. The maximum Gasteiger partial charge on any atom is 0.436 e. The van der Waals surface area contributed by atoms with Crippen LogP contribution >= 0.6 is 11.6 Å². The Bertz CT molecular complexity index is 1080. The summed E-state index contributed by atoms with van der Waals surface area (Å²) in [5, 5.41) is 12.3. The van der Waals surface area contributed by atoms with Crippen molar-refractivity contribution in [3.05, 3.63) is 51.5 Å². The molecule has 11 heteroatoms. The Balaban J connectivity index is 2.21. The van der Waals surface area contributed by atoms with Gasteiger partial charge in [0.25, 0.3) is 5.56 Å². The van der Waals surface area contributed by atoms with Gasteiger partial charge in [0, 0.05) is 16.7 Å². The molecule has 0 saturated carbocycles. The van der Waals surface area contributed by atoms with Crippen molar-refractivity contribution in [3.63, 3.8) is 0 Å². The minimum absolute atomic E-state index is 0.0372. The Morgan fingerprint density at radius 1 is 1.32 bits per heavy atom. The van der Waals surface area contributed by atoms with Gasteiger partial charge in [0.2, 0.25) is 5.88 Å². The number of alkyl halides is 3. The topological polar surface area (TPSA) is 85.7 Å². The van der Waals surface area contributed by atoms with Gasteiger partial charge in [-0.3, -0.25) is 4.79 Å². The number of rotatable bonds is 3. The van der Waals surface area contributed by atoms with Crippen LogP contribution in [0.4, 0.5) is 13.2 Å². The number of nitrogens with zero attached hydrogens (tertiary/aromatic N) is 4. The molecule has 130 valence electrons. The number of hydrogen-bond donors (Lipinski definition) is 1. The summed E-state index contributed by atoms with van der Waals surface area (Å²) in [5.41, 5.74) is -1.95. The van der Waals surface area contributed by atoms with Crippen molar-refractivity contribution >= 4 is 11.6 Å². The highest BCUT2D eigenvalue weighted by Crippen LogP contribution is 2.34. The van der Waals surface area contributed by atoms with Crippen molar-refractivity contribution in [2.45, 2.75) is 6.18 Å². The number of H-pyrrole nitrogens is 1. The van der Waals surface area contributed by atoms with Crippen LogP contribution in [0.1, 0.15) is 9.81 Å². The van der Waals surface area contributed by atoms with Crippen LogP contribution in [0.5, 0.6) is 5.88 Å². The molecule has 3 rings (SSSR count). The molecular formula is C14H9ClF3N5O2. The minimum atomic E-state index is -4.72. The van der Waals surface area contributed by atoms with E-state index in [0.717, 1.165) is 10.7 Å². The van der Waals surface area contributed by atoms with E-state index in [0.29, 0.717) is 6.20 Å². The molecular weight excluding hydrogens is 363 g/mol. The van der Waals surface area contributed by atoms with Gasteiger partial charge in [-0.1, -0.05) is 16.8 Å². The molecule has 0 bridgehead atoms. The predicted octanol–water partition coefficient (Wildman–Crippen LogP) is 2.70. The normalized spacial score (nSPS) is 13.8. The lowest BCUT2D eigenvalue weighted by atomic mass is 10.1. The van der Waals surface area contributed by atoms with Gasteiger partial charge in [-0.05, 0) is 18.2 Å². The average Bonchev–Trinajstić information content (AvgIpc) is 3.05. The average molecular weight is 375 g/mol. The number of aromatic nitrogens is 5. The monoisotopic (exact) mass is 374 g/mol. The maximum atomic E-state index is 12.8. The molecule has 2 heterocycles. The van der Waals surface area contributed by atoms with Crippen molar-refractivity contribution in [2.24, 2.45) is 0 Å². The van der Waals surface area contributed by atoms with Gasteiger partial charge in [0.1, 0.15) is 0 Å². The highest BCUT2D eigenvalue weighted by Gasteiger charge is 2.34. The Labute approximate surface area is 147 Å². The summed E-state index contributed by atoms with van der Waals surface area (Å²) in [7, 11) is -2.89. The Kier molecular flexibility index (Phi) is 3.33. The third-order valence-electron chi connectivity index (χ3n) is 3.15. The van der Waals surface area contributed by atoms with Crippen LogP contribution < -0.4 is 10.3 Å². The Morgan fingerprint density at radius 2 is 2.12 bits per heavy atom. The van der Waals surface area contributed by atoms with Crippen LogP contribution in [0, 0.1) is 0 Å². The van der Waals surface area contributed by atoms with Crippen LogP contribution in [0.25, 0.3) is 16.8 Å². The van der Waals surface area contributed by atoms with Crippen molar-refractivity contribution in [1.82, 2.24) is 25.2 Å². The van der Waals surface area contributed by atoms with E-state index in [1.54, 1.807) is 0 Å². The smallest absolute Gasteiger partial charge is 0.436 e. The van der Waals surface area contributed by atoms with E-state index in [1.807, 2.05) is 5.10 Å². The molecule has 1 aromatic carbocycles. The lowest BCUT2D eigenvalue weighted by Crippen LogP contribution is -2.09. The number of benzene rings is 1. The zero-order valence-corrected chi connectivity index (χ0v) is 12.8. The van der Waals surface area contributed by atoms with Crippen molar-refractivity contribution in [2.75, 3.05) is 7.04 Å². The van der Waals surface area contributed by atoms with Crippen molar-refractivity contribution in [1.29, 1.82) is 0 Å². The third kappa shape index (κ3) is 3.33. The van der Waals surface area contributed by atoms with Crippen molar-refractivity contribution < 1.29 is 22.0 Å². The molecule has 3 aromatic rings. The predicted molar refractivity (Wildman–Crippen MR) is 81.8 cm³/mol. The van der Waals surface area contributed by atoms with Crippen LogP contribution in [0.3, 0.4) is 0 Å². The largest absolute Gasteiger partial charge is 0.480 e. The van der Waals surface area contributed by atoms with E-state index in [4.69, 9.17) is 20.5 Å². The quantitative estimate of drug-likeness (QED) is 0.761. The molecule has 0 atom stereocenters. The number of halogens is 4. The first-order valence-electron chi connectivity index (χ1n) is 8.02. The minimum Gasteiger partial charge on any atom is -0.480 e. The van der Waals surface area contributed by atoms with E-state index in [2.05, 4.69) is 15.4 Å². The zero-order chi connectivity index (χ0) is 20.7. The highest BCUT2D eigenvalue weighted by atomic mass is 35.5. The van der Waals surface area contributed by atoms with E-state index >= 15 is 0 Å². The Morgan fingerprint density at radius 3 is 2.80 bits per heavy atom. The van der Waals surface area contributed by atoms with Crippen molar-refractivity contribution in [3.8, 4) is 22.7 Å². The number of ether oxygens (including phenoxy) is 1. The molecule has 25 heavy (non-hydrogen) atoms. The van der Waals surface area contributed by atoms with Crippen LogP contribution in [-0.4, -0.2) is 32.2 Å². The molecule has 0 spiro atoms. The number of nitrogens with one attached hydrogen (secondary N) is 1. The molecule has 0 aliphatic heterocycles. The lowest BCUT2D eigenvalue weighted by Gasteiger charge is -2.12. The van der Waals surface area contributed by atoms with Crippen LogP contribution in [-0.2, 0) is 6.18 Å². The molecule has 7 nitrogen and oxygen atoms in total. The number of aromatic amines is 1.